The van der Waals surface area contributed by atoms with E-state index in [2.05, 4.69) is 84.5 Å². The summed E-state index contributed by atoms with van der Waals surface area (Å²) in [5.74, 6) is 0.769. The van der Waals surface area contributed by atoms with Crippen LogP contribution in [-0.2, 0) is 5.41 Å². The van der Waals surface area contributed by atoms with Crippen molar-refractivity contribution in [1.29, 1.82) is 0 Å². The first-order valence-corrected chi connectivity index (χ1v) is 10.4. The minimum absolute atomic E-state index is 0.0503. The molecule has 0 fully saturated rings. The molecule has 2 heterocycles. The molecule has 0 saturated carbocycles. The van der Waals surface area contributed by atoms with Crippen molar-refractivity contribution < 1.29 is 4.42 Å². The maximum absolute atomic E-state index is 6.09. The number of hydrogen-bond donors (Lipinski definition) is 0. The Balaban J connectivity index is 1.64. The van der Waals surface area contributed by atoms with E-state index in [1.807, 2.05) is 13.8 Å². The quantitative estimate of drug-likeness (QED) is 0.310. The Morgan fingerprint density at radius 2 is 1.57 bits per heavy atom. The molecule has 146 valence electrons. The molecule has 1 aliphatic rings. The molecule has 0 spiro atoms. The van der Waals surface area contributed by atoms with Crippen LogP contribution in [0.25, 0.3) is 44.3 Å². The van der Waals surface area contributed by atoms with Crippen molar-refractivity contribution in [3.8, 4) is 22.3 Å². The summed E-state index contributed by atoms with van der Waals surface area (Å²) in [4.78, 5) is 9.15. The van der Waals surface area contributed by atoms with E-state index in [0.717, 1.165) is 33.6 Å². The van der Waals surface area contributed by atoms with Gasteiger partial charge in [-0.15, -0.1) is 0 Å². The lowest BCUT2D eigenvalue weighted by atomic mass is 9.79. The number of aryl methyl sites for hydroxylation is 2. The number of furan rings is 1. The molecule has 30 heavy (non-hydrogen) atoms. The van der Waals surface area contributed by atoms with Crippen LogP contribution in [-0.4, -0.2) is 9.97 Å². The van der Waals surface area contributed by atoms with Gasteiger partial charge in [0.25, 0.3) is 0 Å². The average Bonchev–Trinajstić information content (AvgIpc) is 3.22. The first kappa shape index (κ1) is 17.4. The number of rotatable bonds is 1. The molecule has 0 saturated heterocycles. The molecule has 0 radical (unpaired) electrons. The van der Waals surface area contributed by atoms with Gasteiger partial charge in [0.2, 0.25) is 0 Å². The second-order valence-electron chi connectivity index (χ2n) is 8.75. The van der Waals surface area contributed by atoms with E-state index in [-0.39, 0.29) is 5.41 Å². The molecule has 3 aromatic carbocycles. The van der Waals surface area contributed by atoms with E-state index in [4.69, 9.17) is 4.42 Å². The molecular weight excluding hydrogens is 368 g/mol. The summed E-state index contributed by atoms with van der Waals surface area (Å²) in [6.45, 7) is 8.56. The summed E-state index contributed by atoms with van der Waals surface area (Å²) in [5, 5.41) is 1.04. The zero-order chi connectivity index (χ0) is 20.6. The molecule has 5 aromatic rings. The van der Waals surface area contributed by atoms with Crippen LogP contribution in [0.15, 0.2) is 65.1 Å². The van der Waals surface area contributed by atoms with E-state index in [9.17, 15) is 0 Å². The van der Waals surface area contributed by atoms with E-state index < -0.39 is 0 Å². The van der Waals surface area contributed by atoms with Gasteiger partial charge in [0.05, 0.1) is 5.69 Å². The molecule has 0 aliphatic heterocycles. The predicted octanol–water partition coefficient (Wildman–Crippen LogP) is 6.97. The highest BCUT2D eigenvalue weighted by Gasteiger charge is 2.37. The zero-order valence-electron chi connectivity index (χ0n) is 17.6. The Bertz CT molecular complexity index is 1490. The third-order valence-electron chi connectivity index (χ3n) is 6.48. The summed E-state index contributed by atoms with van der Waals surface area (Å²) in [7, 11) is 0. The zero-order valence-corrected chi connectivity index (χ0v) is 17.6. The lowest BCUT2D eigenvalue weighted by molar-refractivity contribution is 0.660. The highest BCUT2D eigenvalue weighted by Crippen LogP contribution is 2.52. The van der Waals surface area contributed by atoms with Crippen LogP contribution in [0.4, 0.5) is 0 Å². The van der Waals surface area contributed by atoms with Gasteiger partial charge in [-0.3, -0.25) is 0 Å². The van der Waals surface area contributed by atoms with Gasteiger partial charge in [-0.05, 0) is 59.4 Å². The van der Waals surface area contributed by atoms with E-state index in [1.54, 1.807) is 0 Å². The van der Waals surface area contributed by atoms with Gasteiger partial charge in [0.15, 0.2) is 5.58 Å². The topological polar surface area (TPSA) is 38.9 Å². The molecule has 0 amide bonds. The largest absolute Gasteiger partial charge is 0.452 e. The van der Waals surface area contributed by atoms with E-state index in [0.29, 0.717) is 0 Å². The number of hydrogen-bond acceptors (Lipinski definition) is 3. The monoisotopic (exact) mass is 390 g/mol. The highest BCUT2D eigenvalue weighted by atomic mass is 16.3. The molecule has 6 rings (SSSR count). The normalized spacial score (nSPS) is 14.3. The molecule has 0 unspecified atom stereocenters. The first-order chi connectivity index (χ1) is 14.4. The predicted molar refractivity (Wildman–Crippen MR) is 122 cm³/mol. The SMILES string of the molecule is Cc1nc(C)c2oc3ccc(-c4cccc5c4C(C)(C)c4ccccc4-5)cc3c2n1. The fourth-order valence-corrected chi connectivity index (χ4v) is 5.18. The summed E-state index contributed by atoms with van der Waals surface area (Å²) in [5.41, 5.74) is 11.3. The number of benzene rings is 3. The Labute approximate surface area is 175 Å². The van der Waals surface area contributed by atoms with Crippen molar-refractivity contribution in [3.05, 3.63) is 83.3 Å². The lowest BCUT2D eigenvalue weighted by Crippen LogP contribution is -2.16. The Morgan fingerprint density at radius 1 is 0.800 bits per heavy atom. The molecule has 0 bridgehead atoms. The van der Waals surface area contributed by atoms with Crippen LogP contribution in [0.5, 0.6) is 0 Å². The summed E-state index contributed by atoms with van der Waals surface area (Å²) in [6.07, 6.45) is 0. The van der Waals surface area contributed by atoms with Crippen molar-refractivity contribution in [3.63, 3.8) is 0 Å². The van der Waals surface area contributed by atoms with Crippen LogP contribution in [0.3, 0.4) is 0 Å². The second kappa shape index (κ2) is 5.79. The second-order valence-corrected chi connectivity index (χ2v) is 8.75. The van der Waals surface area contributed by atoms with Crippen molar-refractivity contribution in [2.75, 3.05) is 0 Å². The minimum Gasteiger partial charge on any atom is -0.452 e. The van der Waals surface area contributed by atoms with Gasteiger partial charge >= 0.3 is 0 Å². The molecule has 3 nitrogen and oxygen atoms in total. The Hall–Kier alpha value is -3.46. The van der Waals surface area contributed by atoms with E-state index >= 15 is 0 Å². The summed E-state index contributed by atoms with van der Waals surface area (Å²) < 4.78 is 6.09. The smallest absolute Gasteiger partial charge is 0.175 e. The molecular formula is C27H22N2O. The first-order valence-electron chi connectivity index (χ1n) is 10.4. The van der Waals surface area contributed by atoms with Gasteiger partial charge in [0.1, 0.15) is 16.9 Å². The maximum atomic E-state index is 6.09. The number of aromatic nitrogens is 2. The van der Waals surface area contributed by atoms with Crippen molar-refractivity contribution in [1.82, 2.24) is 9.97 Å². The van der Waals surface area contributed by atoms with Gasteiger partial charge in [-0.2, -0.15) is 0 Å². The lowest BCUT2D eigenvalue weighted by Gasteiger charge is -2.24. The number of nitrogens with zero attached hydrogens (tertiary/aromatic N) is 2. The van der Waals surface area contributed by atoms with Crippen LogP contribution >= 0.6 is 0 Å². The van der Waals surface area contributed by atoms with Crippen LogP contribution < -0.4 is 0 Å². The standard InChI is InChI=1S/C27H22N2O/c1-15-26-25(29-16(2)28-15)21-14-17(12-13-23(21)30-26)18-9-7-10-20-19-8-5-6-11-22(19)27(3,4)24(18)20/h5-14H,1-4H3. The van der Waals surface area contributed by atoms with Gasteiger partial charge in [-0.25, -0.2) is 9.97 Å². The van der Waals surface area contributed by atoms with Gasteiger partial charge in [-0.1, -0.05) is 62.4 Å². The summed E-state index contributed by atoms with van der Waals surface area (Å²) in [6, 6.07) is 21.9. The fourth-order valence-electron chi connectivity index (χ4n) is 5.18. The molecule has 0 atom stereocenters. The number of fused-ring (bicyclic) bond motifs is 6. The summed E-state index contributed by atoms with van der Waals surface area (Å²) >= 11 is 0. The molecule has 3 heteroatoms. The van der Waals surface area contributed by atoms with Crippen molar-refractivity contribution in [2.45, 2.75) is 33.1 Å². The Kier molecular flexibility index (Phi) is 3.36. The van der Waals surface area contributed by atoms with Crippen LogP contribution in [0, 0.1) is 13.8 Å². The maximum Gasteiger partial charge on any atom is 0.175 e. The average molecular weight is 390 g/mol. The highest BCUT2D eigenvalue weighted by molar-refractivity contribution is 6.05. The van der Waals surface area contributed by atoms with Crippen molar-refractivity contribution in [2.24, 2.45) is 0 Å². The molecule has 1 aliphatic carbocycles. The molecule has 0 N–H and O–H groups in total. The van der Waals surface area contributed by atoms with Crippen molar-refractivity contribution >= 4 is 22.1 Å². The van der Waals surface area contributed by atoms with E-state index in [1.165, 1.54) is 33.4 Å². The third-order valence-corrected chi connectivity index (χ3v) is 6.48. The fraction of sp³-hybridized carbons (Fsp3) is 0.185. The van der Waals surface area contributed by atoms with Gasteiger partial charge in [0, 0.05) is 10.8 Å². The van der Waals surface area contributed by atoms with Crippen LogP contribution in [0.2, 0.25) is 0 Å². The minimum atomic E-state index is -0.0503. The van der Waals surface area contributed by atoms with Gasteiger partial charge < -0.3 is 4.42 Å². The third kappa shape index (κ3) is 2.20. The van der Waals surface area contributed by atoms with Crippen LogP contribution in [0.1, 0.15) is 36.5 Å². The molecule has 2 aromatic heterocycles. The Morgan fingerprint density at radius 3 is 2.43 bits per heavy atom.